The van der Waals surface area contributed by atoms with Crippen molar-refractivity contribution in [2.24, 2.45) is 11.7 Å². The SMILES string of the molecule is NCC1CC(=O)N(c2n[nH]c(C3CCCCC3)n2)C1. The van der Waals surface area contributed by atoms with Gasteiger partial charge in [0.25, 0.3) is 5.95 Å². The molecule has 0 aromatic carbocycles. The summed E-state index contributed by atoms with van der Waals surface area (Å²) in [7, 11) is 0. The number of H-pyrrole nitrogens is 1. The number of nitrogens with zero attached hydrogens (tertiary/aromatic N) is 3. The van der Waals surface area contributed by atoms with Gasteiger partial charge in [0, 0.05) is 18.9 Å². The monoisotopic (exact) mass is 263 g/mol. The third kappa shape index (κ3) is 2.49. The van der Waals surface area contributed by atoms with Crippen LogP contribution < -0.4 is 10.6 Å². The number of carbonyl (C=O) groups excluding carboxylic acids is 1. The molecule has 6 heteroatoms. The Hall–Kier alpha value is -1.43. The molecule has 1 amide bonds. The Morgan fingerprint density at radius 2 is 2.11 bits per heavy atom. The van der Waals surface area contributed by atoms with Gasteiger partial charge in [0.1, 0.15) is 5.82 Å². The number of hydrogen-bond acceptors (Lipinski definition) is 4. The van der Waals surface area contributed by atoms with Gasteiger partial charge in [0.15, 0.2) is 0 Å². The number of rotatable bonds is 3. The average molecular weight is 263 g/mol. The zero-order chi connectivity index (χ0) is 13.2. The van der Waals surface area contributed by atoms with E-state index in [0.29, 0.717) is 31.4 Å². The Kier molecular flexibility index (Phi) is 3.50. The molecule has 1 saturated carbocycles. The minimum absolute atomic E-state index is 0.0876. The fraction of sp³-hybridized carbons (Fsp3) is 0.769. The number of hydrogen-bond donors (Lipinski definition) is 2. The molecule has 2 fully saturated rings. The summed E-state index contributed by atoms with van der Waals surface area (Å²) in [6, 6.07) is 0. The van der Waals surface area contributed by atoms with Gasteiger partial charge in [-0.25, -0.2) is 0 Å². The molecule has 1 aromatic heterocycles. The van der Waals surface area contributed by atoms with Gasteiger partial charge in [-0.3, -0.25) is 14.8 Å². The second-order valence-corrected chi connectivity index (χ2v) is 5.67. The minimum Gasteiger partial charge on any atom is -0.330 e. The normalized spacial score (nSPS) is 25.2. The van der Waals surface area contributed by atoms with Crippen molar-refractivity contribution in [3.8, 4) is 0 Å². The van der Waals surface area contributed by atoms with Crippen LogP contribution in [0, 0.1) is 5.92 Å². The van der Waals surface area contributed by atoms with Gasteiger partial charge < -0.3 is 5.73 Å². The van der Waals surface area contributed by atoms with Gasteiger partial charge in [-0.1, -0.05) is 19.3 Å². The summed E-state index contributed by atoms with van der Waals surface area (Å²) in [5.41, 5.74) is 5.63. The first-order valence-corrected chi connectivity index (χ1v) is 7.20. The summed E-state index contributed by atoms with van der Waals surface area (Å²) in [5.74, 6) is 2.28. The number of carbonyl (C=O) groups is 1. The molecule has 1 unspecified atom stereocenters. The first-order chi connectivity index (χ1) is 9.28. The van der Waals surface area contributed by atoms with E-state index in [4.69, 9.17) is 5.73 Å². The van der Waals surface area contributed by atoms with Crippen LogP contribution in [-0.2, 0) is 4.79 Å². The molecule has 1 aliphatic carbocycles. The van der Waals surface area contributed by atoms with Crippen LogP contribution in [0.3, 0.4) is 0 Å². The standard InChI is InChI=1S/C13H21N5O/c14-7-9-6-11(19)18(8-9)13-15-12(16-17-13)10-4-2-1-3-5-10/h9-10H,1-8,14H2,(H,15,16,17). The topological polar surface area (TPSA) is 87.9 Å². The van der Waals surface area contributed by atoms with Crippen LogP contribution in [-0.4, -0.2) is 34.2 Å². The van der Waals surface area contributed by atoms with Crippen molar-refractivity contribution in [1.29, 1.82) is 0 Å². The van der Waals surface area contributed by atoms with E-state index in [9.17, 15) is 4.79 Å². The Labute approximate surface area is 112 Å². The van der Waals surface area contributed by atoms with Crippen LogP contribution in [0.2, 0.25) is 0 Å². The zero-order valence-corrected chi connectivity index (χ0v) is 11.1. The van der Waals surface area contributed by atoms with Crippen LogP contribution in [0.15, 0.2) is 0 Å². The molecule has 1 atom stereocenters. The summed E-state index contributed by atoms with van der Waals surface area (Å²) >= 11 is 0. The predicted octanol–water partition coefficient (Wildman–Crippen LogP) is 1.16. The van der Waals surface area contributed by atoms with Crippen molar-refractivity contribution < 1.29 is 4.79 Å². The highest BCUT2D eigenvalue weighted by Crippen LogP contribution is 2.31. The predicted molar refractivity (Wildman–Crippen MR) is 71.7 cm³/mol. The molecule has 0 bridgehead atoms. The molecule has 0 radical (unpaired) electrons. The first kappa shape index (κ1) is 12.6. The molecular weight excluding hydrogens is 242 g/mol. The second kappa shape index (κ2) is 5.28. The van der Waals surface area contributed by atoms with Crippen molar-refractivity contribution in [2.45, 2.75) is 44.4 Å². The molecule has 6 nitrogen and oxygen atoms in total. The van der Waals surface area contributed by atoms with Crippen LogP contribution in [0.5, 0.6) is 0 Å². The highest BCUT2D eigenvalue weighted by atomic mass is 16.2. The molecule has 2 aliphatic rings. The molecule has 0 spiro atoms. The lowest BCUT2D eigenvalue weighted by Crippen LogP contribution is -2.26. The van der Waals surface area contributed by atoms with Crippen molar-refractivity contribution in [3.63, 3.8) is 0 Å². The summed E-state index contributed by atoms with van der Waals surface area (Å²) in [4.78, 5) is 18.1. The Morgan fingerprint density at radius 3 is 2.79 bits per heavy atom. The Morgan fingerprint density at radius 1 is 1.32 bits per heavy atom. The quantitative estimate of drug-likeness (QED) is 0.856. The number of anilines is 1. The van der Waals surface area contributed by atoms with Gasteiger partial charge in [0.2, 0.25) is 5.91 Å². The summed E-state index contributed by atoms with van der Waals surface area (Å²) < 4.78 is 0. The largest absolute Gasteiger partial charge is 0.330 e. The fourth-order valence-electron chi connectivity index (χ4n) is 3.08. The van der Waals surface area contributed by atoms with Crippen molar-refractivity contribution in [3.05, 3.63) is 5.82 Å². The van der Waals surface area contributed by atoms with Gasteiger partial charge in [0.05, 0.1) is 0 Å². The maximum Gasteiger partial charge on any atom is 0.251 e. The number of nitrogens with one attached hydrogen (secondary N) is 1. The number of nitrogens with two attached hydrogens (primary N) is 1. The lowest BCUT2D eigenvalue weighted by molar-refractivity contribution is -0.117. The van der Waals surface area contributed by atoms with Crippen LogP contribution in [0.25, 0.3) is 0 Å². The number of aromatic nitrogens is 3. The van der Waals surface area contributed by atoms with E-state index in [0.717, 1.165) is 5.82 Å². The Bertz CT molecular complexity index is 452. The number of amides is 1. The summed E-state index contributed by atoms with van der Waals surface area (Å²) in [5, 5.41) is 7.24. The second-order valence-electron chi connectivity index (χ2n) is 5.67. The third-order valence-electron chi connectivity index (χ3n) is 4.26. The lowest BCUT2D eigenvalue weighted by atomic mass is 9.89. The Balaban J connectivity index is 1.72. The highest BCUT2D eigenvalue weighted by molar-refractivity contribution is 5.94. The molecule has 2 heterocycles. The molecule has 1 aromatic rings. The highest BCUT2D eigenvalue weighted by Gasteiger charge is 2.32. The zero-order valence-electron chi connectivity index (χ0n) is 11.1. The fourth-order valence-corrected chi connectivity index (χ4v) is 3.08. The summed E-state index contributed by atoms with van der Waals surface area (Å²) in [6.07, 6.45) is 6.71. The van der Waals surface area contributed by atoms with E-state index in [-0.39, 0.29) is 11.8 Å². The van der Waals surface area contributed by atoms with E-state index in [1.807, 2.05) is 0 Å². The molecule has 3 N–H and O–H groups in total. The van der Waals surface area contributed by atoms with Gasteiger partial charge in [-0.15, -0.1) is 5.10 Å². The maximum absolute atomic E-state index is 11.9. The van der Waals surface area contributed by atoms with E-state index < -0.39 is 0 Å². The van der Waals surface area contributed by atoms with Crippen molar-refractivity contribution >= 4 is 11.9 Å². The molecule has 3 rings (SSSR count). The lowest BCUT2D eigenvalue weighted by Gasteiger charge is -2.18. The van der Waals surface area contributed by atoms with Crippen molar-refractivity contribution in [2.75, 3.05) is 18.0 Å². The van der Waals surface area contributed by atoms with E-state index >= 15 is 0 Å². The van der Waals surface area contributed by atoms with Crippen LogP contribution in [0.4, 0.5) is 5.95 Å². The maximum atomic E-state index is 11.9. The van der Waals surface area contributed by atoms with Crippen LogP contribution in [0.1, 0.15) is 50.3 Å². The first-order valence-electron chi connectivity index (χ1n) is 7.20. The van der Waals surface area contributed by atoms with Gasteiger partial charge in [-0.2, -0.15) is 4.98 Å². The van der Waals surface area contributed by atoms with Crippen molar-refractivity contribution in [1.82, 2.24) is 15.2 Å². The third-order valence-corrected chi connectivity index (χ3v) is 4.26. The average Bonchev–Trinajstić information content (AvgIpc) is 3.06. The smallest absolute Gasteiger partial charge is 0.251 e. The van der Waals surface area contributed by atoms with Gasteiger partial charge >= 0.3 is 0 Å². The molecule has 19 heavy (non-hydrogen) atoms. The summed E-state index contributed by atoms with van der Waals surface area (Å²) in [6.45, 7) is 1.19. The van der Waals surface area contributed by atoms with Crippen LogP contribution >= 0.6 is 0 Å². The van der Waals surface area contributed by atoms with Gasteiger partial charge in [-0.05, 0) is 25.3 Å². The van der Waals surface area contributed by atoms with E-state index in [2.05, 4.69) is 15.2 Å². The van der Waals surface area contributed by atoms with E-state index in [1.54, 1.807) is 4.90 Å². The number of aromatic amines is 1. The van der Waals surface area contributed by atoms with E-state index in [1.165, 1.54) is 32.1 Å². The molecule has 1 aliphatic heterocycles. The molecule has 1 saturated heterocycles. The molecule has 104 valence electrons. The molecular formula is C13H21N5O. The minimum atomic E-state index is 0.0876.